The van der Waals surface area contributed by atoms with Crippen LogP contribution in [0.2, 0.25) is 0 Å². The van der Waals surface area contributed by atoms with Crippen molar-refractivity contribution in [1.29, 1.82) is 5.26 Å². The first-order valence-corrected chi connectivity index (χ1v) is 7.51. The lowest BCUT2D eigenvalue weighted by atomic mass is 10.1. The van der Waals surface area contributed by atoms with Crippen molar-refractivity contribution < 1.29 is 8.94 Å². The van der Waals surface area contributed by atoms with Gasteiger partial charge in [-0.2, -0.15) is 10.2 Å². The Balaban J connectivity index is 1.73. The van der Waals surface area contributed by atoms with Crippen molar-refractivity contribution in [2.24, 2.45) is 0 Å². The van der Waals surface area contributed by atoms with Gasteiger partial charge in [-0.1, -0.05) is 18.1 Å². The minimum atomic E-state index is 0.372. The summed E-state index contributed by atoms with van der Waals surface area (Å²) in [6.07, 6.45) is 0.742. The third-order valence-electron chi connectivity index (χ3n) is 3.66. The Morgan fingerprint density at radius 3 is 2.83 bits per heavy atom. The van der Waals surface area contributed by atoms with Crippen LogP contribution in [0.5, 0.6) is 0 Å². The Morgan fingerprint density at radius 1 is 1.08 bits per heavy atom. The fraction of sp³-hybridized carbons (Fsp3) is 0.111. The second kappa shape index (κ2) is 5.63. The van der Waals surface area contributed by atoms with Gasteiger partial charge in [-0.3, -0.25) is 0 Å². The fourth-order valence-electron chi connectivity index (χ4n) is 2.45. The summed E-state index contributed by atoms with van der Waals surface area (Å²) >= 11 is 0. The van der Waals surface area contributed by atoms with Crippen LogP contribution < -0.4 is 0 Å². The monoisotopic (exact) mass is 316 g/mol. The number of oxazole rings is 1. The molecular formula is C18H12N4O2. The van der Waals surface area contributed by atoms with E-state index < -0.39 is 0 Å². The molecule has 2 aromatic carbocycles. The van der Waals surface area contributed by atoms with Gasteiger partial charge in [0, 0.05) is 17.5 Å². The highest BCUT2D eigenvalue weighted by atomic mass is 16.5. The minimum Gasteiger partial charge on any atom is -0.441 e. The highest BCUT2D eigenvalue weighted by Gasteiger charge is 2.13. The smallest absolute Gasteiger partial charge is 0.258 e. The van der Waals surface area contributed by atoms with Crippen molar-refractivity contribution in [3.8, 4) is 28.9 Å². The van der Waals surface area contributed by atoms with Crippen molar-refractivity contribution in [2.75, 3.05) is 0 Å². The van der Waals surface area contributed by atoms with E-state index in [1.807, 2.05) is 31.2 Å². The summed E-state index contributed by atoms with van der Waals surface area (Å²) in [6, 6.07) is 14.7. The van der Waals surface area contributed by atoms with E-state index in [4.69, 9.17) is 14.2 Å². The highest BCUT2D eigenvalue weighted by Crippen LogP contribution is 2.26. The molecule has 0 atom stereocenters. The Labute approximate surface area is 137 Å². The lowest BCUT2D eigenvalue weighted by molar-refractivity contribution is 0.432. The number of nitrogens with zero attached hydrogens (tertiary/aromatic N) is 4. The summed E-state index contributed by atoms with van der Waals surface area (Å²) in [4.78, 5) is 8.83. The lowest BCUT2D eigenvalue weighted by Gasteiger charge is -1.94. The molecule has 6 nitrogen and oxygen atoms in total. The third kappa shape index (κ3) is 2.42. The quantitative estimate of drug-likeness (QED) is 0.568. The zero-order valence-electron chi connectivity index (χ0n) is 12.9. The summed E-state index contributed by atoms with van der Waals surface area (Å²) in [7, 11) is 0. The molecule has 2 aromatic heterocycles. The second-order valence-corrected chi connectivity index (χ2v) is 5.26. The van der Waals surface area contributed by atoms with Crippen molar-refractivity contribution in [3.63, 3.8) is 0 Å². The molecule has 2 heterocycles. The molecule has 0 N–H and O–H groups in total. The van der Waals surface area contributed by atoms with Crippen LogP contribution in [0.1, 0.15) is 18.4 Å². The number of aromatic nitrogens is 3. The van der Waals surface area contributed by atoms with Gasteiger partial charge in [-0.05, 0) is 36.4 Å². The van der Waals surface area contributed by atoms with Gasteiger partial charge < -0.3 is 8.94 Å². The first kappa shape index (κ1) is 14.2. The largest absolute Gasteiger partial charge is 0.441 e. The van der Waals surface area contributed by atoms with Crippen LogP contribution in [0, 0.1) is 11.3 Å². The van der Waals surface area contributed by atoms with Gasteiger partial charge in [0.15, 0.2) is 11.5 Å². The van der Waals surface area contributed by atoms with E-state index in [2.05, 4.69) is 21.2 Å². The fourth-order valence-corrected chi connectivity index (χ4v) is 2.45. The van der Waals surface area contributed by atoms with Crippen LogP contribution in [0.4, 0.5) is 0 Å². The number of benzene rings is 2. The van der Waals surface area contributed by atoms with E-state index >= 15 is 0 Å². The second-order valence-electron chi connectivity index (χ2n) is 5.26. The van der Waals surface area contributed by atoms with Gasteiger partial charge in [0.2, 0.25) is 5.82 Å². The van der Waals surface area contributed by atoms with Crippen LogP contribution in [0.3, 0.4) is 0 Å². The molecular weight excluding hydrogens is 304 g/mol. The molecule has 24 heavy (non-hydrogen) atoms. The maximum atomic E-state index is 8.98. The number of nitriles is 1. The van der Waals surface area contributed by atoms with Gasteiger partial charge in [0.05, 0.1) is 11.6 Å². The Hall–Kier alpha value is -3.46. The lowest BCUT2D eigenvalue weighted by Crippen LogP contribution is -1.83. The number of aryl methyl sites for hydroxylation is 1. The molecule has 0 bridgehead atoms. The molecule has 0 aliphatic rings. The third-order valence-corrected chi connectivity index (χ3v) is 3.66. The molecule has 116 valence electrons. The summed E-state index contributed by atoms with van der Waals surface area (Å²) < 4.78 is 10.9. The van der Waals surface area contributed by atoms with E-state index in [0.29, 0.717) is 28.7 Å². The highest BCUT2D eigenvalue weighted by molar-refractivity contribution is 5.78. The minimum absolute atomic E-state index is 0.372. The summed E-state index contributed by atoms with van der Waals surface area (Å²) in [5.41, 5.74) is 3.56. The van der Waals surface area contributed by atoms with Gasteiger partial charge in [-0.15, -0.1) is 0 Å². The number of fused-ring (bicyclic) bond motifs is 1. The summed E-state index contributed by atoms with van der Waals surface area (Å²) in [5, 5.41) is 13.0. The van der Waals surface area contributed by atoms with E-state index in [0.717, 1.165) is 23.1 Å². The Morgan fingerprint density at radius 2 is 2.00 bits per heavy atom. The zero-order valence-corrected chi connectivity index (χ0v) is 12.9. The molecule has 0 unspecified atom stereocenters. The van der Waals surface area contributed by atoms with Gasteiger partial charge >= 0.3 is 0 Å². The predicted octanol–water partition coefficient (Wildman–Crippen LogP) is 3.98. The van der Waals surface area contributed by atoms with Crippen molar-refractivity contribution >= 4 is 11.1 Å². The van der Waals surface area contributed by atoms with Gasteiger partial charge in [0.1, 0.15) is 5.52 Å². The van der Waals surface area contributed by atoms with Gasteiger partial charge in [0.25, 0.3) is 5.89 Å². The Bertz CT molecular complexity index is 1070. The maximum Gasteiger partial charge on any atom is 0.258 e. The van der Waals surface area contributed by atoms with Crippen LogP contribution in [0.15, 0.2) is 51.4 Å². The molecule has 4 aromatic rings. The zero-order chi connectivity index (χ0) is 16.5. The first-order chi connectivity index (χ1) is 11.8. The van der Waals surface area contributed by atoms with E-state index in [1.54, 1.807) is 18.2 Å². The van der Waals surface area contributed by atoms with E-state index in [1.165, 1.54) is 0 Å². The summed E-state index contributed by atoms with van der Waals surface area (Å²) in [6.45, 7) is 1.99. The number of hydrogen-bond donors (Lipinski definition) is 0. The van der Waals surface area contributed by atoms with Crippen LogP contribution in [-0.2, 0) is 6.42 Å². The SMILES string of the molecule is CCc1nc2cc(-c3noc(-c4cccc(C#N)c4)n3)ccc2o1. The van der Waals surface area contributed by atoms with Gasteiger partial charge in [-0.25, -0.2) is 4.98 Å². The number of rotatable bonds is 3. The molecule has 4 rings (SSSR count). The normalized spacial score (nSPS) is 10.8. The topological polar surface area (TPSA) is 88.7 Å². The predicted molar refractivity (Wildman–Crippen MR) is 86.8 cm³/mol. The molecule has 0 saturated heterocycles. The van der Waals surface area contributed by atoms with Crippen molar-refractivity contribution in [2.45, 2.75) is 13.3 Å². The van der Waals surface area contributed by atoms with E-state index in [9.17, 15) is 0 Å². The molecule has 0 spiro atoms. The molecule has 0 aliphatic heterocycles. The van der Waals surface area contributed by atoms with Crippen LogP contribution in [-0.4, -0.2) is 15.1 Å². The van der Waals surface area contributed by atoms with E-state index in [-0.39, 0.29) is 0 Å². The van der Waals surface area contributed by atoms with Crippen molar-refractivity contribution in [3.05, 3.63) is 53.9 Å². The molecule has 0 fully saturated rings. The molecule has 0 aliphatic carbocycles. The molecule has 0 amide bonds. The average molecular weight is 316 g/mol. The standard InChI is InChI=1S/C18H12N4O2/c1-2-16-20-14-9-12(6-7-15(14)23-16)17-21-18(24-22-17)13-5-3-4-11(8-13)10-19/h3-9H,2H2,1H3. The average Bonchev–Trinajstić information content (AvgIpc) is 3.27. The van der Waals surface area contributed by atoms with Crippen LogP contribution >= 0.6 is 0 Å². The molecule has 6 heteroatoms. The first-order valence-electron chi connectivity index (χ1n) is 7.51. The number of hydrogen-bond acceptors (Lipinski definition) is 6. The van der Waals surface area contributed by atoms with Crippen LogP contribution in [0.25, 0.3) is 33.9 Å². The summed E-state index contributed by atoms with van der Waals surface area (Å²) in [5.74, 6) is 1.54. The van der Waals surface area contributed by atoms with Crippen molar-refractivity contribution in [1.82, 2.24) is 15.1 Å². The maximum absolute atomic E-state index is 8.98. The molecule has 0 radical (unpaired) electrons. The molecule has 0 saturated carbocycles. The Kier molecular flexibility index (Phi) is 3.32.